The lowest BCUT2D eigenvalue weighted by Crippen LogP contribution is -2.68. The van der Waals surface area contributed by atoms with Crippen molar-refractivity contribution in [1.82, 2.24) is 0 Å². The van der Waals surface area contributed by atoms with Gasteiger partial charge in [0, 0.05) is 0 Å². The third kappa shape index (κ3) is 0.470. The first kappa shape index (κ1) is 6.13. The van der Waals surface area contributed by atoms with Crippen LogP contribution in [0.4, 0.5) is 4.39 Å². The summed E-state index contributed by atoms with van der Waals surface area (Å²) in [7, 11) is 1.35. The molecule has 0 aromatic heterocycles. The lowest BCUT2D eigenvalue weighted by atomic mass is 9.42. The number of alkyl halides is 1. The monoisotopic (exact) mass is 144 g/mol. The Hall–Kier alpha value is -0.600. The molecule has 3 heteroatoms. The first-order chi connectivity index (χ1) is 4.60. The molecule has 10 heavy (non-hydrogen) atoms. The number of methoxy groups -OCH3 is 1. The van der Waals surface area contributed by atoms with Crippen molar-refractivity contribution < 1.29 is 13.9 Å². The quantitative estimate of drug-likeness (QED) is 0.514. The van der Waals surface area contributed by atoms with E-state index in [9.17, 15) is 9.18 Å². The molecule has 0 N–H and O–H groups in total. The smallest absolute Gasteiger partial charge is 0.312 e. The summed E-state index contributed by atoms with van der Waals surface area (Å²) in [5.41, 5.74) is -1.39. The molecule has 0 spiro atoms. The fraction of sp³-hybridized carbons (Fsp3) is 0.857. The van der Waals surface area contributed by atoms with Crippen LogP contribution < -0.4 is 0 Å². The molecule has 3 aliphatic rings. The molecule has 3 aliphatic carbocycles. The van der Waals surface area contributed by atoms with Crippen molar-refractivity contribution in [1.29, 1.82) is 0 Å². The topological polar surface area (TPSA) is 26.3 Å². The minimum atomic E-state index is -0.992. The Kier molecular flexibility index (Phi) is 0.833. The summed E-state index contributed by atoms with van der Waals surface area (Å²) in [5, 5.41) is 0. The first-order valence-corrected chi connectivity index (χ1v) is 3.38. The molecule has 0 atom stereocenters. The largest absolute Gasteiger partial charge is 0.469 e. The Bertz CT molecular complexity index is 180. The zero-order chi connectivity index (χ0) is 7.41. The van der Waals surface area contributed by atoms with Gasteiger partial charge in [-0.3, -0.25) is 4.79 Å². The molecule has 3 fully saturated rings. The minimum Gasteiger partial charge on any atom is -0.469 e. The van der Waals surface area contributed by atoms with Crippen molar-refractivity contribution in [2.24, 2.45) is 5.41 Å². The highest BCUT2D eigenvalue weighted by atomic mass is 19.1. The van der Waals surface area contributed by atoms with Gasteiger partial charge < -0.3 is 4.74 Å². The number of rotatable bonds is 1. The van der Waals surface area contributed by atoms with Crippen LogP contribution in [0, 0.1) is 5.41 Å². The van der Waals surface area contributed by atoms with Crippen molar-refractivity contribution >= 4 is 5.97 Å². The highest BCUT2D eigenvalue weighted by Crippen LogP contribution is 2.69. The zero-order valence-corrected chi connectivity index (χ0v) is 5.82. The van der Waals surface area contributed by atoms with Gasteiger partial charge in [-0.05, 0) is 19.3 Å². The predicted molar refractivity (Wildman–Crippen MR) is 32.1 cm³/mol. The van der Waals surface area contributed by atoms with E-state index in [0.29, 0.717) is 19.3 Å². The summed E-state index contributed by atoms with van der Waals surface area (Å²) in [6.07, 6.45) is 1.19. The van der Waals surface area contributed by atoms with Gasteiger partial charge in [-0.25, -0.2) is 4.39 Å². The van der Waals surface area contributed by atoms with Crippen LogP contribution in [-0.2, 0) is 9.53 Å². The van der Waals surface area contributed by atoms with E-state index in [1.54, 1.807) is 0 Å². The fourth-order valence-electron chi connectivity index (χ4n) is 2.10. The normalized spacial score (nSPS) is 49.0. The van der Waals surface area contributed by atoms with Crippen molar-refractivity contribution in [2.45, 2.75) is 24.9 Å². The SMILES string of the molecule is COC(=O)C12CC(F)(C1)C2. The molecule has 0 aliphatic heterocycles. The van der Waals surface area contributed by atoms with Gasteiger partial charge in [-0.1, -0.05) is 0 Å². The highest BCUT2D eigenvalue weighted by molar-refractivity contribution is 5.81. The van der Waals surface area contributed by atoms with Crippen LogP contribution in [0.2, 0.25) is 0 Å². The third-order valence-electron chi connectivity index (χ3n) is 2.58. The molecule has 0 amide bonds. The Morgan fingerprint density at radius 3 is 2.30 bits per heavy atom. The van der Waals surface area contributed by atoms with Gasteiger partial charge >= 0.3 is 5.97 Å². The van der Waals surface area contributed by atoms with Crippen molar-refractivity contribution in [2.75, 3.05) is 7.11 Å². The molecular weight excluding hydrogens is 135 g/mol. The summed E-state index contributed by atoms with van der Waals surface area (Å²) >= 11 is 0. The molecule has 0 saturated heterocycles. The van der Waals surface area contributed by atoms with Gasteiger partial charge in [-0.2, -0.15) is 0 Å². The maximum atomic E-state index is 12.8. The van der Waals surface area contributed by atoms with E-state index in [4.69, 9.17) is 0 Å². The Morgan fingerprint density at radius 1 is 1.50 bits per heavy atom. The van der Waals surface area contributed by atoms with Gasteiger partial charge in [-0.15, -0.1) is 0 Å². The Balaban J connectivity index is 2.04. The lowest BCUT2D eigenvalue weighted by molar-refractivity contribution is -0.230. The van der Waals surface area contributed by atoms with Gasteiger partial charge in [0.15, 0.2) is 0 Å². The molecule has 0 aromatic carbocycles. The first-order valence-electron chi connectivity index (χ1n) is 3.38. The molecule has 0 radical (unpaired) electrons. The average Bonchev–Trinajstić information content (AvgIpc) is 1.77. The van der Waals surface area contributed by atoms with E-state index in [1.807, 2.05) is 0 Å². The summed E-state index contributed by atoms with van der Waals surface area (Å²) in [6, 6.07) is 0. The summed E-state index contributed by atoms with van der Waals surface area (Å²) < 4.78 is 17.3. The molecule has 3 saturated carbocycles. The van der Waals surface area contributed by atoms with Crippen LogP contribution in [0.1, 0.15) is 19.3 Å². The molecule has 0 heterocycles. The van der Waals surface area contributed by atoms with Crippen LogP contribution in [-0.4, -0.2) is 18.7 Å². The molecular formula is C7H9FO2. The van der Waals surface area contributed by atoms with Crippen LogP contribution in [0.15, 0.2) is 0 Å². The van der Waals surface area contributed by atoms with Gasteiger partial charge in [0.05, 0.1) is 12.5 Å². The van der Waals surface area contributed by atoms with E-state index < -0.39 is 11.1 Å². The summed E-state index contributed by atoms with van der Waals surface area (Å²) in [6.45, 7) is 0. The van der Waals surface area contributed by atoms with Crippen molar-refractivity contribution in [3.8, 4) is 0 Å². The number of hydrogen-bond donors (Lipinski definition) is 0. The lowest BCUT2D eigenvalue weighted by Gasteiger charge is -2.63. The number of ether oxygens (including phenoxy) is 1. The summed E-state index contributed by atoms with van der Waals surface area (Å²) in [5.74, 6) is -0.230. The number of halogens is 1. The van der Waals surface area contributed by atoms with Crippen molar-refractivity contribution in [3.05, 3.63) is 0 Å². The second-order valence-corrected chi connectivity index (χ2v) is 3.45. The van der Waals surface area contributed by atoms with Crippen LogP contribution in [0.3, 0.4) is 0 Å². The van der Waals surface area contributed by atoms with Crippen LogP contribution in [0.5, 0.6) is 0 Å². The molecule has 56 valence electrons. The Labute approximate surface area is 58.4 Å². The molecule has 3 rings (SSSR count). The maximum absolute atomic E-state index is 12.8. The maximum Gasteiger partial charge on any atom is 0.312 e. The van der Waals surface area contributed by atoms with E-state index in [2.05, 4.69) is 4.74 Å². The zero-order valence-electron chi connectivity index (χ0n) is 5.82. The molecule has 0 unspecified atom stereocenters. The van der Waals surface area contributed by atoms with Crippen LogP contribution in [0.25, 0.3) is 0 Å². The summed E-state index contributed by atoms with van der Waals surface area (Å²) in [4.78, 5) is 10.9. The standard InChI is InChI=1S/C7H9FO2/c1-10-5(9)6-2-7(8,3-6)4-6/h2-4H2,1H3. The molecule has 0 aromatic rings. The average molecular weight is 144 g/mol. The van der Waals surface area contributed by atoms with E-state index in [-0.39, 0.29) is 5.97 Å². The number of hydrogen-bond acceptors (Lipinski definition) is 2. The molecule has 2 nitrogen and oxygen atoms in total. The number of carbonyl (C=O) groups is 1. The number of carbonyl (C=O) groups excluding carboxylic acids is 1. The van der Waals surface area contributed by atoms with Crippen LogP contribution >= 0.6 is 0 Å². The second kappa shape index (κ2) is 1.36. The van der Waals surface area contributed by atoms with Gasteiger partial charge in [0.1, 0.15) is 5.67 Å². The third-order valence-corrected chi connectivity index (χ3v) is 2.58. The highest BCUT2D eigenvalue weighted by Gasteiger charge is 2.73. The predicted octanol–water partition coefficient (Wildman–Crippen LogP) is 1.05. The van der Waals surface area contributed by atoms with Gasteiger partial charge in [0.2, 0.25) is 0 Å². The van der Waals surface area contributed by atoms with E-state index >= 15 is 0 Å². The Morgan fingerprint density at radius 2 is 2.00 bits per heavy atom. The van der Waals surface area contributed by atoms with E-state index in [0.717, 1.165) is 0 Å². The fourth-order valence-corrected chi connectivity index (χ4v) is 2.10. The second-order valence-electron chi connectivity index (χ2n) is 3.45. The van der Waals surface area contributed by atoms with E-state index in [1.165, 1.54) is 7.11 Å². The molecule has 2 bridgehead atoms. The van der Waals surface area contributed by atoms with Crippen molar-refractivity contribution in [3.63, 3.8) is 0 Å². The van der Waals surface area contributed by atoms with Gasteiger partial charge in [0.25, 0.3) is 0 Å². The number of esters is 1. The minimum absolute atomic E-state index is 0.230.